The van der Waals surface area contributed by atoms with E-state index in [1.807, 2.05) is 0 Å². The summed E-state index contributed by atoms with van der Waals surface area (Å²) in [6.45, 7) is 11.3. The summed E-state index contributed by atoms with van der Waals surface area (Å²) in [5.41, 5.74) is 4.02. The third kappa shape index (κ3) is 3.53. The average Bonchev–Trinajstić information content (AvgIpc) is 2.25. The van der Waals surface area contributed by atoms with Crippen molar-refractivity contribution in [2.24, 2.45) is 0 Å². The van der Waals surface area contributed by atoms with E-state index in [0.29, 0.717) is 0 Å². The molecule has 0 aliphatic rings. The van der Waals surface area contributed by atoms with Crippen LogP contribution in [-0.4, -0.2) is 13.2 Å². The lowest BCUT2D eigenvalue weighted by molar-refractivity contribution is 0.317. The Bertz CT molecular complexity index is 311. The zero-order chi connectivity index (χ0) is 12.0. The van der Waals surface area contributed by atoms with E-state index in [9.17, 15) is 0 Å². The van der Waals surface area contributed by atoms with Gasteiger partial charge in [-0.3, -0.25) is 0 Å². The molecule has 0 heterocycles. The second-order valence-corrected chi connectivity index (χ2v) is 4.16. The second-order valence-electron chi connectivity index (χ2n) is 4.16. The Morgan fingerprint density at radius 2 is 1.75 bits per heavy atom. The van der Waals surface area contributed by atoms with Crippen LogP contribution < -0.4 is 10.1 Å². The van der Waals surface area contributed by atoms with Crippen LogP contribution in [0.15, 0.2) is 12.1 Å². The first-order chi connectivity index (χ1) is 7.69. The van der Waals surface area contributed by atoms with Gasteiger partial charge in [-0.15, -0.1) is 0 Å². The van der Waals surface area contributed by atoms with Crippen LogP contribution in [0, 0.1) is 13.8 Å². The van der Waals surface area contributed by atoms with E-state index >= 15 is 0 Å². The van der Waals surface area contributed by atoms with Crippen LogP contribution in [0.3, 0.4) is 0 Å². The molecule has 0 amide bonds. The molecule has 1 aromatic rings. The van der Waals surface area contributed by atoms with Gasteiger partial charge in [-0.05, 0) is 55.6 Å². The normalized spacial score (nSPS) is 10.5. The van der Waals surface area contributed by atoms with Crippen molar-refractivity contribution in [3.63, 3.8) is 0 Å². The van der Waals surface area contributed by atoms with Crippen LogP contribution >= 0.6 is 0 Å². The van der Waals surface area contributed by atoms with Gasteiger partial charge in [-0.25, -0.2) is 0 Å². The van der Waals surface area contributed by atoms with Crippen molar-refractivity contribution in [2.75, 3.05) is 13.2 Å². The minimum Gasteiger partial charge on any atom is -0.494 e. The number of hydrogen-bond acceptors (Lipinski definition) is 2. The molecule has 0 atom stereocenters. The van der Waals surface area contributed by atoms with Crippen LogP contribution in [0.4, 0.5) is 0 Å². The Balaban J connectivity index is 2.80. The Hall–Kier alpha value is -1.02. The van der Waals surface area contributed by atoms with Crippen LogP contribution in [0.2, 0.25) is 0 Å². The lowest BCUT2D eigenvalue weighted by atomic mass is 10.0. The third-order valence-electron chi connectivity index (χ3n) is 2.69. The van der Waals surface area contributed by atoms with E-state index in [1.54, 1.807) is 0 Å². The molecule has 0 aliphatic carbocycles. The first-order valence-corrected chi connectivity index (χ1v) is 6.12. The molecule has 0 unspecified atom stereocenters. The molecule has 1 rings (SSSR count). The summed E-state index contributed by atoms with van der Waals surface area (Å²) >= 11 is 0. The maximum atomic E-state index is 5.66. The predicted molar refractivity (Wildman–Crippen MR) is 69.1 cm³/mol. The number of rotatable bonds is 6. The predicted octanol–water partition coefficient (Wildman–Crippen LogP) is 3.20. The van der Waals surface area contributed by atoms with Gasteiger partial charge < -0.3 is 10.1 Å². The van der Waals surface area contributed by atoms with Gasteiger partial charge in [-0.2, -0.15) is 0 Å². The van der Waals surface area contributed by atoms with E-state index in [1.165, 1.54) is 16.7 Å². The van der Waals surface area contributed by atoms with Crippen molar-refractivity contribution in [3.05, 3.63) is 28.8 Å². The first kappa shape index (κ1) is 13.0. The summed E-state index contributed by atoms with van der Waals surface area (Å²) < 4.78 is 5.66. The van der Waals surface area contributed by atoms with Crippen molar-refractivity contribution >= 4 is 0 Å². The summed E-state index contributed by atoms with van der Waals surface area (Å²) in [7, 11) is 0. The molecule has 0 spiro atoms. The molecule has 90 valence electrons. The van der Waals surface area contributed by atoms with Crippen LogP contribution in [0.25, 0.3) is 0 Å². The Morgan fingerprint density at radius 3 is 2.25 bits per heavy atom. The SMILES string of the molecule is CCCOc1cc(C)c(CNCC)c(C)c1. The fourth-order valence-electron chi connectivity index (χ4n) is 1.79. The van der Waals surface area contributed by atoms with Gasteiger partial charge in [0.25, 0.3) is 0 Å². The molecular weight excluding hydrogens is 198 g/mol. The van der Waals surface area contributed by atoms with Crippen molar-refractivity contribution in [1.82, 2.24) is 5.32 Å². The quantitative estimate of drug-likeness (QED) is 0.796. The highest BCUT2D eigenvalue weighted by Gasteiger charge is 2.05. The van der Waals surface area contributed by atoms with Crippen molar-refractivity contribution in [3.8, 4) is 5.75 Å². The molecule has 0 bridgehead atoms. The molecule has 2 nitrogen and oxygen atoms in total. The lowest BCUT2D eigenvalue weighted by Crippen LogP contribution is -2.14. The summed E-state index contributed by atoms with van der Waals surface area (Å²) in [6.07, 6.45) is 1.05. The summed E-state index contributed by atoms with van der Waals surface area (Å²) in [5, 5.41) is 3.37. The first-order valence-electron chi connectivity index (χ1n) is 6.12. The Kier molecular flexibility index (Phi) is 5.33. The number of benzene rings is 1. The molecule has 0 aliphatic heterocycles. The molecule has 0 aromatic heterocycles. The van der Waals surface area contributed by atoms with Crippen molar-refractivity contribution in [2.45, 2.75) is 40.7 Å². The maximum absolute atomic E-state index is 5.66. The molecule has 0 saturated heterocycles. The van der Waals surface area contributed by atoms with E-state index in [-0.39, 0.29) is 0 Å². The summed E-state index contributed by atoms with van der Waals surface area (Å²) in [6, 6.07) is 4.27. The number of aryl methyl sites for hydroxylation is 2. The molecule has 1 aromatic carbocycles. The molecule has 2 heteroatoms. The van der Waals surface area contributed by atoms with Gasteiger partial charge >= 0.3 is 0 Å². The van der Waals surface area contributed by atoms with Gasteiger partial charge in [0, 0.05) is 6.54 Å². The number of hydrogen-bond donors (Lipinski definition) is 1. The summed E-state index contributed by atoms with van der Waals surface area (Å²) in [4.78, 5) is 0. The van der Waals surface area contributed by atoms with Crippen molar-refractivity contribution < 1.29 is 4.74 Å². The molecule has 1 N–H and O–H groups in total. The van der Waals surface area contributed by atoms with Crippen LogP contribution in [0.5, 0.6) is 5.75 Å². The van der Waals surface area contributed by atoms with Crippen LogP contribution in [-0.2, 0) is 6.54 Å². The lowest BCUT2D eigenvalue weighted by Gasteiger charge is -2.13. The molecule has 0 radical (unpaired) electrons. The molecule has 0 saturated carbocycles. The Morgan fingerprint density at radius 1 is 1.12 bits per heavy atom. The van der Waals surface area contributed by atoms with E-state index in [4.69, 9.17) is 4.74 Å². The van der Waals surface area contributed by atoms with Gasteiger partial charge in [0.15, 0.2) is 0 Å². The minimum atomic E-state index is 0.797. The zero-order valence-corrected chi connectivity index (χ0v) is 10.9. The van der Waals surface area contributed by atoms with Gasteiger partial charge in [0.1, 0.15) is 5.75 Å². The largest absolute Gasteiger partial charge is 0.494 e. The van der Waals surface area contributed by atoms with E-state index in [0.717, 1.165) is 31.9 Å². The third-order valence-corrected chi connectivity index (χ3v) is 2.69. The molecule has 16 heavy (non-hydrogen) atoms. The fraction of sp³-hybridized carbons (Fsp3) is 0.571. The Labute approximate surface area is 99.0 Å². The van der Waals surface area contributed by atoms with Crippen molar-refractivity contribution in [1.29, 1.82) is 0 Å². The minimum absolute atomic E-state index is 0.797. The maximum Gasteiger partial charge on any atom is 0.119 e. The van der Waals surface area contributed by atoms with Gasteiger partial charge in [0.2, 0.25) is 0 Å². The van der Waals surface area contributed by atoms with Gasteiger partial charge in [0.05, 0.1) is 6.61 Å². The number of ether oxygens (including phenoxy) is 1. The smallest absolute Gasteiger partial charge is 0.119 e. The molecular formula is C14H23NO. The van der Waals surface area contributed by atoms with Crippen LogP contribution in [0.1, 0.15) is 37.0 Å². The average molecular weight is 221 g/mol. The highest BCUT2D eigenvalue weighted by atomic mass is 16.5. The highest BCUT2D eigenvalue weighted by molar-refractivity contribution is 5.41. The second kappa shape index (κ2) is 6.54. The fourth-order valence-corrected chi connectivity index (χ4v) is 1.79. The monoisotopic (exact) mass is 221 g/mol. The molecule has 0 fully saturated rings. The highest BCUT2D eigenvalue weighted by Crippen LogP contribution is 2.21. The zero-order valence-electron chi connectivity index (χ0n) is 10.9. The number of nitrogens with one attached hydrogen (secondary N) is 1. The van der Waals surface area contributed by atoms with E-state index < -0.39 is 0 Å². The standard InChI is InChI=1S/C14H23NO/c1-5-7-16-13-8-11(3)14(10-15-6-2)12(4)9-13/h8-9,15H,5-7,10H2,1-4H3. The topological polar surface area (TPSA) is 21.3 Å². The van der Waals surface area contributed by atoms with Gasteiger partial charge in [-0.1, -0.05) is 13.8 Å². The summed E-state index contributed by atoms with van der Waals surface area (Å²) in [5.74, 6) is 0.997. The van der Waals surface area contributed by atoms with E-state index in [2.05, 4.69) is 45.1 Å².